The summed E-state index contributed by atoms with van der Waals surface area (Å²) in [5, 5.41) is 28.6. The lowest BCUT2D eigenvalue weighted by Crippen LogP contribution is -2.27. The minimum atomic E-state index is -0.989. The van der Waals surface area contributed by atoms with Gasteiger partial charge in [-0.1, -0.05) is 94.8 Å². The summed E-state index contributed by atoms with van der Waals surface area (Å²) in [6, 6.07) is 59.2. The van der Waals surface area contributed by atoms with Crippen LogP contribution in [0, 0.1) is 0 Å². The lowest BCUT2D eigenvalue weighted by molar-refractivity contribution is 0.0510. The number of halogens is 1. The maximum absolute atomic E-state index is 13.3. The summed E-state index contributed by atoms with van der Waals surface area (Å²) in [4.78, 5) is 105. The van der Waals surface area contributed by atoms with Crippen LogP contribution in [0.15, 0.2) is 228 Å². The van der Waals surface area contributed by atoms with E-state index in [1.165, 1.54) is 27.1 Å². The standard InChI is InChI=1S/C30H34N4O3S.C26H27N3OS.C17H22N2O2.C15H18N2O2.C12H10BrNO2/c1-30(2,3)37-29(36)33-24-13-12-22(27-9-7-15-38-27)18-25(24)32-28(35)26-17-21-11-10-20(8-6-14-34(4)5)16-23(21)19-31-26;1-29(2)11-3-5-18-7-8-19-15-24(28-17-22(19)13-18)25(30)16-21-14-20(9-10-23(21)27)26-6-4-12-31-26;1-4-21-17(20)16-11-14-8-7-13(6-5-9-19(2)3)10-15(14)12-18-16;1-17(2)7-3-4-11-5-6-12-9-14(15(18)19)16-10-13(12)8-11;1-2-16-12(15)11-6-8-3-4-10(13)5-9(8)7-14-11/h7,9-13,15-19H,6,8,14H2,1-5H3,(H,32,35)(H,33,36);4,6-10,12-15,17H,3,5,11,16,27H2,1-2H3;7-8,10-12H,4-6,9H2,1-3H3;5-6,8-10H,3-4,7H2,1-2H3,(H,18,19);3-7H,2H2,1H3. The van der Waals surface area contributed by atoms with Crippen LogP contribution in [0.1, 0.15) is 141 Å². The molecule has 0 atom stereocenters. The second-order valence-corrected chi connectivity index (χ2v) is 35.1. The lowest BCUT2D eigenvalue weighted by Gasteiger charge is -2.21. The Labute approximate surface area is 748 Å². The summed E-state index contributed by atoms with van der Waals surface area (Å²) in [6.45, 7) is 13.9. The van der Waals surface area contributed by atoms with Crippen LogP contribution in [-0.4, -0.2) is 187 Å². The fourth-order valence-electron chi connectivity index (χ4n) is 13.5. The van der Waals surface area contributed by atoms with Gasteiger partial charge in [-0.05, 0) is 348 Å². The highest BCUT2D eigenvalue weighted by Crippen LogP contribution is 2.34. The fourth-order valence-corrected chi connectivity index (χ4v) is 15.3. The topological polar surface area (TPSA) is 278 Å². The maximum atomic E-state index is 13.3. The number of aromatic carboxylic acids is 1. The van der Waals surface area contributed by atoms with Crippen molar-refractivity contribution in [2.45, 2.75) is 98.0 Å². The van der Waals surface area contributed by atoms with E-state index in [9.17, 15) is 28.8 Å². The number of hydrogen-bond acceptors (Lipinski definition) is 21. The zero-order chi connectivity index (χ0) is 89.7. The number of carbonyl (C=O) groups is 6. The van der Waals surface area contributed by atoms with E-state index in [-0.39, 0.29) is 35.7 Å². The number of esters is 2. The number of carboxylic acid groups (broad SMARTS) is 1. The number of nitrogen functional groups attached to an aromatic ring is 1. The van der Waals surface area contributed by atoms with E-state index in [0.717, 1.165) is 157 Å². The Bertz CT molecular complexity index is 6020. The highest BCUT2D eigenvalue weighted by molar-refractivity contribution is 9.10. The summed E-state index contributed by atoms with van der Waals surface area (Å²) in [6.07, 6.45) is 16.8. The molecule has 650 valence electrons. The van der Waals surface area contributed by atoms with Gasteiger partial charge in [0, 0.05) is 84.3 Å². The van der Waals surface area contributed by atoms with Gasteiger partial charge in [-0.15, -0.1) is 22.7 Å². The predicted octanol–water partition coefficient (Wildman–Crippen LogP) is 21.0. The minimum absolute atomic E-state index is 0.0213. The molecule has 5 N–H and O–H groups in total. The number of fused-ring (bicyclic) bond motifs is 5. The van der Waals surface area contributed by atoms with Crippen LogP contribution in [0.4, 0.5) is 21.9 Å². The van der Waals surface area contributed by atoms with Gasteiger partial charge >= 0.3 is 24.0 Å². The van der Waals surface area contributed by atoms with Crippen LogP contribution in [0.3, 0.4) is 0 Å². The zero-order valence-corrected chi connectivity index (χ0v) is 76.6. The van der Waals surface area contributed by atoms with Crippen LogP contribution >= 0.6 is 38.6 Å². The summed E-state index contributed by atoms with van der Waals surface area (Å²) < 4.78 is 16.3. The average Bonchev–Trinajstić information content (AvgIpc) is 1.48. The van der Waals surface area contributed by atoms with Gasteiger partial charge in [-0.25, -0.2) is 34.1 Å². The Kier molecular flexibility index (Phi) is 35.5. The minimum Gasteiger partial charge on any atom is -0.477 e. The number of aryl methyl sites for hydroxylation is 4. The van der Waals surface area contributed by atoms with E-state index in [1.807, 2.05) is 108 Å². The number of nitrogens with two attached hydrogens (primary N) is 1. The van der Waals surface area contributed by atoms with Gasteiger partial charge in [-0.3, -0.25) is 24.9 Å². The Morgan fingerprint density at radius 2 is 0.800 bits per heavy atom. The molecule has 0 spiro atoms. The predicted molar refractivity (Wildman–Crippen MR) is 513 cm³/mol. The van der Waals surface area contributed by atoms with Crippen LogP contribution in [0.2, 0.25) is 0 Å². The van der Waals surface area contributed by atoms with Crippen molar-refractivity contribution in [2.24, 2.45) is 0 Å². The van der Waals surface area contributed by atoms with Gasteiger partial charge in [0.05, 0.1) is 24.6 Å². The summed E-state index contributed by atoms with van der Waals surface area (Å²) in [5.74, 6) is -2.12. The molecular formula is C100H111BrN12O10S2. The number of pyridine rings is 5. The molecule has 7 aromatic heterocycles. The van der Waals surface area contributed by atoms with E-state index in [4.69, 9.17) is 25.1 Å². The normalized spacial score (nSPS) is 11.2. The molecule has 0 saturated heterocycles. The van der Waals surface area contributed by atoms with Crippen LogP contribution in [0.25, 0.3) is 74.7 Å². The number of carbonyl (C=O) groups excluding carboxylic acids is 5. The molecule has 0 aliphatic carbocycles. The number of anilines is 3. The van der Waals surface area contributed by atoms with Gasteiger partial charge < -0.3 is 50.0 Å². The van der Waals surface area contributed by atoms with Crippen molar-refractivity contribution < 1.29 is 48.1 Å². The van der Waals surface area contributed by atoms with Crippen LogP contribution in [-0.2, 0) is 46.3 Å². The number of nitrogens with zero attached hydrogens (tertiary/aromatic N) is 9. The Morgan fingerprint density at radius 1 is 0.424 bits per heavy atom. The monoisotopic (exact) mass is 1780 g/mol. The van der Waals surface area contributed by atoms with Crippen molar-refractivity contribution in [2.75, 3.05) is 112 Å². The maximum Gasteiger partial charge on any atom is 0.412 e. The second-order valence-electron chi connectivity index (χ2n) is 32.2. The van der Waals surface area contributed by atoms with Crippen molar-refractivity contribution in [3.8, 4) is 20.9 Å². The van der Waals surface area contributed by atoms with Crippen molar-refractivity contribution >= 4 is 145 Å². The third-order valence-corrected chi connectivity index (χ3v) is 22.2. The molecule has 2 amide bonds. The number of nitrogens with one attached hydrogen (secondary N) is 2. The largest absolute Gasteiger partial charge is 0.477 e. The number of thiophene rings is 2. The number of carboxylic acids is 1. The van der Waals surface area contributed by atoms with E-state index in [0.29, 0.717) is 53.1 Å². The number of hydrogen-bond donors (Lipinski definition) is 4. The highest BCUT2D eigenvalue weighted by atomic mass is 79.9. The zero-order valence-electron chi connectivity index (χ0n) is 73.4. The number of ketones is 1. The van der Waals surface area contributed by atoms with Crippen LogP contribution < -0.4 is 16.4 Å². The van der Waals surface area contributed by atoms with Gasteiger partial charge in [0.15, 0.2) is 5.78 Å². The van der Waals surface area contributed by atoms with E-state index < -0.39 is 17.7 Å². The number of Topliss-reactive ketones (excluding diaryl/α,β-unsaturated/α-hetero) is 1. The third-order valence-electron chi connectivity index (χ3n) is 19.8. The average molecular weight is 1790 g/mol. The highest BCUT2D eigenvalue weighted by Gasteiger charge is 2.21. The second kappa shape index (κ2) is 46.6. The number of benzene rings is 7. The van der Waals surface area contributed by atoms with Crippen LogP contribution in [0.5, 0.6) is 0 Å². The van der Waals surface area contributed by atoms with Gasteiger partial charge in [0.1, 0.15) is 34.1 Å². The molecule has 25 heteroatoms. The third kappa shape index (κ3) is 29.8. The fraction of sp³-hybridized carbons (Fsp3) is 0.290. The quantitative estimate of drug-likeness (QED) is 0.0147. The first kappa shape index (κ1) is 95.2. The summed E-state index contributed by atoms with van der Waals surface area (Å²) in [7, 11) is 16.6. The van der Waals surface area contributed by atoms with E-state index in [2.05, 4.69) is 188 Å². The molecule has 0 aliphatic heterocycles. The first-order valence-corrected chi connectivity index (χ1v) is 44.2. The lowest BCUT2D eigenvalue weighted by atomic mass is 10.00. The molecule has 0 unspecified atom stereocenters. The Balaban J connectivity index is 0.000000169. The molecule has 7 aromatic carbocycles. The van der Waals surface area contributed by atoms with Gasteiger partial charge in [0.2, 0.25) is 0 Å². The molecule has 0 saturated carbocycles. The molecule has 22 nitrogen and oxygen atoms in total. The SMILES string of the molecule is CCOC(=O)c1cc2ccc(Br)cc2cn1.CCOC(=O)c1cc2ccc(CCCN(C)C)cc2cn1.CN(C)CCCc1ccc2cc(C(=O)Cc3cc(-c4cccs4)ccc3N)ncc2c1.CN(C)CCCc1ccc2cc(C(=O)Nc3cc(-c4cccs4)ccc3NC(=O)OC(C)(C)C)ncc2c1.CN(C)CCCc1ccc2cc(C(=O)O)ncc2c1. The van der Waals surface area contributed by atoms with E-state index in [1.54, 1.807) is 112 Å². The Hall–Kier alpha value is -12.1. The summed E-state index contributed by atoms with van der Waals surface area (Å²) >= 11 is 6.66. The number of aromatic nitrogens is 5. The molecule has 0 radical (unpaired) electrons. The Morgan fingerprint density at radius 3 is 1.21 bits per heavy atom. The molecule has 0 bridgehead atoms. The molecule has 7 heterocycles. The smallest absolute Gasteiger partial charge is 0.412 e. The van der Waals surface area contributed by atoms with Crippen molar-refractivity contribution in [3.63, 3.8) is 0 Å². The van der Waals surface area contributed by atoms with Crippen molar-refractivity contribution in [1.82, 2.24) is 44.5 Å². The summed E-state index contributed by atoms with van der Waals surface area (Å²) in [5.41, 5.74) is 16.6. The molecule has 14 aromatic rings. The molecule has 0 fully saturated rings. The van der Waals surface area contributed by atoms with Gasteiger partial charge in [0.25, 0.3) is 5.91 Å². The van der Waals surface area contributed by atoms with Gasteiger partial charge in [-0.2, -0.15) is 0 Å². The molecule has 0 aliphatic rings. The molecular weight excluding hydrogens is 1670 g/mol. The molecule has 125 heavy (non-hydrogen) atoms. The van der Waals surface area contributed by atoms with E-state index >= 15 is 0 Å². The number of amides is 2. The number of ether oxygens (including phenoxy) is 3. The first-order chi connectivity index (χ1) is 59.9. The molecule has 14 rings (SSSR count). The first-order valence-electron chi connectivity index (χ1n) is 41.6. The van der Waals surface area contributed by atoms with Crippen molar-refractivity contribution in [1.29, 1.82) is 0 Å². The van der Waals surface area contributed by atoms with Crippen molar-refractivity contribution in [3.05, 3.63) is 284 Å². The number of rotatable bonds is 29.